The molecule has 0 radical (unpaired) electrons. The number of hydrogen-bond donors (Lipinski definition) is 2. The van der Waals surface area contributed by atoms with E-state index in [1.807, 2.05) is 12.1 Å². The van der Waals surface area contributed by atoms with Crippen LogP contribution in [0.5, 0.6) is 5.75 Å². The normalized spacial score (nSPS) is 31.8. The van der Waals surface area contributed by atoms with Gasteiger partial charge in [0.05, 0.1) is 24.2 Å². The summed E-state index contributed by atoms with van der Waals surface area (Å²) in [5.41, 5.74) is -1.65. The summed E-state index contributed by atoms with van der Waals surface area (Å²) < 4.78 is 71.2. The Morgan fingerprint density at radius 3 is 2.29 bits per heavy atom. The SMILES string of the molecule is COc1ccc([C@@H]2CN(C3CCC4(CCCO4)CC3)C[C@@]2(F)C(=O)N2C[C@H](CO)[C@@H](c3ccc(C(F)(F)F)cc3N3CCC(C(=O)O)CC3)C2)cc1. The molecule has 1 saturated carbocycles. The van der Waals surface area contributed by atoms with Crippen LogP contribution in [0.15, 0.2) is 42.5 Å². The molecule has 4 saturated heterocycles. The van der Waals surface area contributed by atoms with E-state index in [2.05, 4.69) is 4.90 Å². The van der Waals surface area contributed by atoms with Crippen molar-refractivity contribution in [3.05, 3.63) is 59.2 Å². The Kier molecular flexibility index (Phi) is 10.2. The van der Waals surface area contributed by atoms with E-state index in [4.69, 9.17) is 9.47 Å². The maximum absolute atomic E-state index is 17.9. The highest BCUT2D eigenvalue weighted by Crippen LogP contribution is 2.48. The average molecular weight is 732 g/mol. The number of aliphatic hydroxyl groups is 1. The molecule has 0 unspecified atom stereocenters. The van der Waals surface area contributed by atoms with Crippen molar-refractivity contribution in [2.75, 3.05) is 64.5 Å². The van der Waals surface area contributed by atoms with Crippen molar-refractivity contribution in [3.63, 3.8) is 0 Å². The smallest absolute Gasteiger partial charge is 0.416 e. The molecule has 1 amide bonds. The summed E-state index contributed by atoms with van der Waals surface area (Å²) in [4.78, 5) is 31.6. The highest BCUT2D eigenvalue weighted by atomic mass is 19.4. The number of alkyl halides is 4. The Morgan fingerprint density at radius 1 is 0.981 bits per heavy atom. The van der Waals surface area contributed by atoms with Gasteiger partial charge in [0.2, 0.25) is 5.67 Å². The minimum absolute atomic E-state index is 0.0400. The molecule has 2 aromatic carbocycles. The van der Waals surface area contributed by atoms with Gasteiger partial charge in [-0.3, -0.25) is 14.5 Å². The van der Waals surface area contributed by atoms with Crippen LogP contribution in [0.25, 0.3) is 0 Å². The van der Waals surface area contributed by atoms with E-state index in [-0.39, 0.29) is 63.8 Å². The van der Waals surface area contributed by atoms with Crippen LogP contribution in [0, 0.1) is 11.8 Å². The first-order valence-electron chi connectivity index (χ1n) is 18.6. The second-order valence-electron chi connectivity index (χ2n) is 15.6. The maximum atomic E-state index is 17.9. The zero-order chi connectivity index (χ0) is 36.8. The molecular formula is C39H49F4N3O6. The van der Waals surface area contributed by atoms with Crippen molar-refractivity contribution in [3.8, 4) is 5.75 Å². The molecule has 9 nitrogen and oxygen atoms in total. The van der Waals surface area contributed by atoms with Gasteiger partial charge in [0.25, 0.3) is 5.91 Å². The third-order valence-electron chi connectivity index (χ3n) is 12.7. The van der Waals surface area contributed by atoms with Gasteiger partial charge in [-0.05, 0) is 86.8 Å². The topological polar surface area (TPSA) is 103 Å². The molecule has 52 heavy (non-hydrogen) atoms. The van der Waals surface area contributed by atoms with Gasteiger partial charge in [-0.1, -0.05) is 18.2 Å². The summed E-state index contributed by atoms with van der Waals surface area (Å²) in [5.74, 6) is -3.39. The molecule has 1 aliphatic carbocycles. The lowest BCUT2D eigenvalue weighted by Gasteiger charge is -2.40. The number of methoxy groups -OCH3 is 1. The zero-order valence-electron chi connectivity index (χ0n) is 29.6. The summed E-state index contributed by atoms with van der Waals surface area (Å²) >= 11 is 0. The standard InChI is InChI=1S/C39H49F4N3O6/c1-51-30-6-3-25(4-7-30)33-22-46(29-9-14-37(15-10-29)13-2-18-52-37)24-38(33,40)36(50)45-20-27(23-47)32(21-45)31-8-5-28(39(41,42)43)19-34(31)44-16-11-26(12-17-44)35(48)49/h3-8,19,26-27,29,32-33,47H,2,9-18,20-24H2,1H3,(H,48,49)/t27-,29?,32+,33+,37?,38+/m1/s1. The third kappa shape index (κ3) is 7.00. The van der Waals surface area contributed by atoms with Gasteiger partial charge in [-0.2, -0.15) is 13.2 Å². The number of carbonyl (C=O) groups is 2. The maximum Gasteiger partial charge on any atom is 0.416 e. The number of aliphatic hydroxyl groups excluding tert-OH is 1. The molecule has 13 heteroatoms. The summed E-state index contributed by atoms with van der Waals surface area (Å²) in [6.45, 7) is 1.34. The summed E-state index contributed by atoms with van der Waals surface area (Å²) in [6, 6.07) is 10.8. The van der Waals surface area contributed by atoms with Gasteiger partial charge in [0.1, 0.15) is 5.75 Å². The highest BCUT2D eigenvalue weighted by molar-refractivity contribution is 5.88. The van der Waals surface area contributed by atoms with Gasteiger partial charge < -0.3 is 29.5 Å². The molecule has 284 valence electrons. The molecule has 5 fully saturated rings. The van der Waals surface area contributed by atoms with Crippen LogP contribution in [-0.2, 0) is 20.5 Å². The van der Waals surface area contributed by atoms with Crippen molar-refractivity contribution in [2.45, 2.75) is 86.7 Å². The Hall–Kier alpha value is -3.42. The molecule has 2 aromatic rings. The molecule has 7 rings (SSSR count). The monoisotopic (exact) mass is 731 g/mol. The quantitative estimate of drug-likeness (QED) is 0.327. The minimum atomic E-state index is -4.60. The lowest BCUT2D eigenvalue weighted by Crippen LogP contribution is -2.51. The Bertz CT molecular complexity index is 1600. The first-order valence-corrected chi connectivity index (χ1v) is 18.6. The predicted molar refractivity (Wildman–Crippen MR) is 185 cm³/mol. The highest BCUT2D eigenvalue weighted by Gasteiger charge is 2.58. The van der Waals surface area contributed by atoms with Crippen molar-refractivity contribution in [1.29, 1.82) is 0 Å². The number of nitrogens with zero attached hydrogens (tertiary/aromatic N) is 3. The minimum Gasteiger partial charge on any atom is -0.497 e. The lowest BCUT2D eigenvalue weighted by atomic mass is 9.80. The van der Waals surface area contributed by atoms with E-state index in [9.17, 15) is 33.0 Å². The van der Waals surface area contributed by atoms with Crippen LogP contribution >= 0.6 is 0 Å². The van der Waals surface area contributed by atoms with Crippen LogP contribution in [0.2, 0.25) is 0 Å². The van der Waals surface area contributed by atoms with E-state index in [1.54, 1.807) is 24.1 Å². The van der Waals surface area contributed by atoms with Gasteiger partial charge in [-0.25, -0.2) is 4.39 Å². The van der Waals surface area contributed by atoms with Crippen LogP contribution in [0.4, 0.5) is 23.2 Å². The zero-order valence-corrected chi connectivity index (χ0v) is 29.6. The van der Waals surface area contributed by atoms with Crippen LogP contribution in [0.1, 0.15) is 79.9 Å². The number of likely N-dealkylation sites (tertiary alicyclic amines) is 2. The number of hydrogen-bond acceptors (Lipinski definition) is 7. The molecule has 1 spiro atoms. The largest absolute Gasteiger partial charge is 0.497 e. The number of piperidine rings is 1. The molecule has 0 bridgehead atoms. The van der Waals surface area contributed by atoms with Crippen molar-refractivity contribution in [1.82, 2.24) is 9.80 Å². The van der Waals surface area contributed by atoms with E-state index in [0.29, 0.717) is 29.1 Å². The van der Waals surface area contributed by atoms with Gasteiger partial charge in [0.15, 0.2) is 0 Å². The van der Waals surface area contributed by atoms with Gasteiger partial charge in [-0.15, -0.1) is 0 Å². The van der Waals surface area contributed by atoms with Crippen LogP contribution < -0.4 is 9.64 Å². The molecular weight excluding hydrogens is 682 g/mol. The van der Waals surface area contributed by atoms with Gasteiger partial charge >= 0.3 is 12.1 Å². The van der Waals surface area contributed by atoms with E-state index in [0.717, 1.165) is 57.3 Å². The molecule has 0 aromatic heterocycles. The Labute approximate surface area is 301 Å². The fraction of sp³-hybridized carbons (Fsp3) is 0.641. The number of ether oxygens (including phenoxy) is 2. The number of halogens is 4. The number of rotatable bonds is 8. The lowest BCUT2D eigenvalue weighted by molar-refractivity contribution is -0.143. The number of carboxylic acids is 1. The molecule has 4 atom stereocenters. The Balaban J connectivity index is 1.16. The Morgan fingerprint density at radius 2 is 1.69 bits per heavy atom. The number of carboxylic acid groups (broad SMARTS) is 1. The third-order valence-corrected chi connectivity index (χ3v) is 12.7. The summed E-state index contributed by atoms with van der Waals surface area (Å²) in [5, 5.41) is 20.1. The fourth-order valence-corrected chi connectivity index (χ4v) is 9.71. The van der Waals surface area contributed by atoms with Crippen molar-refractivity contribution < 1.29 is 46.8 Å². The fourth-order valence-electron chi connectivity index (χ4n) is 9.71. The summed E-state index contributed by atoms with van der Waals surface area (Å²) in [7, 11) is 1.56. The van der Waals surface area contributed by atoms with Gasteiger partial charge in [0, 0.05) is 82.0 Å². The molecule has 5 aliphatic rings. The first-order chi connectivity index (χ1) is 24.8. The van der Waals surface area contributed by atoms with E-state index >= 15 is 4.39 Å². The number of benzene rings is 2. The average Bonchev–Trinajstić information content (AvgIpc) is 3.89. The molecule has 4 aliphatic heterocycles. The molecule has 2 N–H and O–H groups in total. The molecule has 4 heterocycles. The second-order valence-corrected chi connectivity index (χ2v) is 15.6. The van der Waals surface area contributed by atoms with Crippen molar-refractivity contribution in [2.24, 2.45) is 11.8 Å². The first kappa shape index (κ1) is 36.9. The van der Waals surface area contributed by atoms with E-state index < -0.39 is 53.0 Å². The predicted octanol–water partition coefficient (Wildman–Crippen LogP) is 5.85. The second kappa shape index (κ2) is 14.4. The van der Waals surface area contributed by atoms with Crippen molar-refractivity contribution >= 4 is 17.6 Å². The summed E-state index contributed by atoms with van der Waals surface area (Å²) in [6.07, 6.45) is 1.60. The number of amides is 1. The number of anilines is 1. The number of aliphatic carboxylic acids is 1. The van der Waals surface area contributed by atoms with Crippen LogP contribution in [-0.4, -0.2) is 109 Å². The van der Waals surface area contributed by atoms with Crippen LogP contribution in [0.3, 0.4) is 0 Å². The van der Waals surface area contributed by atoms with E-state index in [1.165, 1.54) is 11.0 Å². The number of carbonyl (C=O) groups excluding carboxylic acids is 1.